The first-order valence-electron chi connectivity index (χ1n) is 14.5. The van der Waals surface area contributed by atoms with Gasteiger partial charge in [-0.15, -0.1) is 0 Å². The lowest BCUT2D eigenvalue weighted by molar-refractivity contribution is -0.122. The molecular formula is C32H46N4O6. The highest BCUT2D eigenvalue weighted by molar-refractivity contribution is 5.86. The fourth-order valence-corrected chi connectivity index (χ4v) is 5.45. The number of anilines is 1. The highest BCUT2D eigenvalue weighted by atomic mass is 16.5. The Morgan fingerprint density at radius 2 is 1.76 bits per heavy atom. The molecule has 2 aromatic carbocycles. The predicted molar refractivity (Wildman–Crippen MR) is 166 cm³/mol. The van der Waals surface area contributed by atoms with E-state index in [9.17, 15) is 14.4 Å². The number of rotatable bonds is 13. The number of carbonyl (C=O) groups is 2. The van der Waals surface area contributed by atoms with Gasteiger partial charge in [-0.3, -0.25) is 14.4 Å². The molecule has 1 aliphatic carbocycles. The molecule has 10 nitrogen and oxygen atoms in total. The van der Waals surface area contributed by atoms with Crippen molar-refractivity contribution in [1.82, 2.24) is 15.5 Å². The molecule has 0 fully saturated rings. The van der Waals surface area contributed by atoms with Crippen LogP contribution in [0.3, 0.4) is 0 Å². The molecule has 3 N–H and O–H groups in total. The molecule has 0 heterocycles. The van der Waals surface area contributed by atoms with Gasteiger partial charge in [-0.1, -0.05) is 19.9 Å². The summed E-state index contributed by atoms with van der Waals surface area (Å²) < 4.78 is 17.1. The molecule has 230 valence electrons. The molecule has 0 radical (unpaired) electrons. The van der Waals surface area contributed by atoms with Crippen LogP contribution >= 0.6 is 0 Å². The molecule has 10 heteroatoms. The van der Waals surface area contributed by atoms with Gasteiger partial charge >= 0.3 is 0 Å². The van der Waals surface area contributed by atoms with Crippen LogP contribution in [0.15, 0.2) is 29.1 Å². The summed E-state index contributed by atoms with van der Waals surface area (Å²) in [7, 11) is 8.68. The smallest absolute Gasteiger partial charge is 0.242 e. The second-order valence-electron chi connectivity index (χ2n) is 11.4. The van der Waals surface area contributed by atoms with E-state index in [2.05, 4.69) is 20.9 Å². The van der Waals surface area contributed by atoms with Crippen molar-refractivity contribution in [3.05, 3.63) is 45.6 Å². The summed E-state index contributed by atoms with van der Waals surface area (Å²) in [5, 5.41) is 9.27. The second kappa shape index (κ2) is 14.9. The number of fused-ring (bicyclic) bond motifs is 3. The zero-order valence-corrected chi connectivity index (χ0v) is 26.2. The van der Waals surface area contributed by atoms with Crippen molar-refractivity contribution in [2.24, 2.45) is 5.92 Å². The van der Waals surface area contributed by atoms with Gasteiger partial charge in [0.15, 0.2) is 11.5 Å². The van der Waals surface area contributed by atoms with Gasteiger partial charge in [0.25, 0.3) is 0 Å². The lowest BCUT2D eigenvalue weighted by Gasteiger charge is -2.21. The van der Waals surface area contributed by atoms with Crippen molar-refractivity contribution in [2.45, 2.75) is 58.5 Å². The van der Waals surface area contributed by atoms with E-state index in [0.717, 1.165) is 29.7 Å². The van der Waals surface area contributed by atoms with E-state index in [1.54, 1.807) is 33.5 Å². The number of nitrogens with zero attached hydrogens (tertiary/aromatic N) is 1. The van der Waals surface area contributed by atoms with E-state index in [0.29, 0.717) is 54.3 Å². The Hall–Kier alpha value is -3.79. The number of ether oxygens (including phenoxy) is 3. The minimum absolute atomic E-state index is 0.144. The monoisotopic (exact) mass is 582 g/mol. The lowest BCUT2D eigenvalue weighted by Crippen LogP contribution is -2.42. The zero-order chi connectivity index (χ0) is 31.0. The number of hydrogen-bond donors (Lipinski definition) is 3. The van der Waals surface area contributed by atoms with E-state index in [1.807, 2.05) is 40.1 Å². The fourth-order valence-electron chi connectivity index (χ4n) is 5.45. The second-order valence-corrected chi connectivity index (χ2v) is 11.4. The maximum absolute atomic E-state index is 13.7. The molecule has 2 amide bonds. The van der Waals surface area contributed by atoms with Crippen LogP contribution in [0.5, 0.6) is 17.2 Å². The highest BCUT2D eigenvalue weighted by Gasteiger charge is 2.30. The summed E-state index contributed by atoms with van der Waals surface area (Å²) >= 11 is 0. The van der Waals surface area contributed by atoms with Crippen LogP contribution < -0.4 is 35.6 Å². The van der Waals surface area contributed by atoms with Gasteiger partial charge in [-0.05, 0) is 87.1 Å². The third-order valence-electron chi connectivity index (χ3n) is 7.35. The first kappa shape index (κ1) is 32.7. The summed E-state index contributed by atoms with van der Waals surface area (Å²) in [4.78, 5) is 41.2. The SMILES string of the molecule is COc1cc2c(c(OC)c1OC)-c1ccc(NC(CC(C)C)C(=O)NCCCN(C)C)c(=O)cc1C(NC(C)=O)CC2. The number of nitrogens with one attached hydrogen (secondary N) is 3. The van der Waals surface area contributed by atoms with E-state index >= 15 is 0 Å². The average Bonchev–Trinajstić information content (AvgIpc) is 3.17. The van der Waals surface area contributed by atoms with Gasteiger partial charge in [0, 0.05) is 19.0 Å². The van der Waals surface area contributed by atoms with E-state index < -0.39 is 12.1 Å². The van der Waals surface area contributed by atoms with Gasteiger partial charge in [-0.2, -0.15) is 0 Å². The minimum Gasteiger partial charge on any atom is -0.493 e. The summed E-state index contributed by atoms with van der Waals surface area (Å²) in [6, 6.07) is 6.05. The Bertz CT molecular complexity index is 1330. The Morgan fingerprint density at radius 1 is 1.05 bits per heavy atom. The van der Waals surface area contributed by atoms with Gasteiger partial charge in [0.05, 0.1) is 33.1 Å². The van der Waals surface area contributed by atoms with Crippen molar-refractivity contribution in [2.75, 3.05) is 53.8 Å². The quantitative estimate of drug-likeness (QED) is 0.306. The summed E-state index contributed by atoms with van der Waals surface area (Å²) in [6.07, 6.45) is 2.56. The molecule has 3 rings (SSSR count). The van der Waals surface area contributed by atoms with Crippen molar-refractivity contribution in [3.63, 3.8) is 0 Å². The van der Waals surface area contributed by atoms with Gasteiger partial charge in [0.2, 0.25) is 23.0 Å². The van der Waals surface area contributed by atoms with Crippen LogP contribution in [0.1, 0.15) is 57.2 Å². The molecular weight excluding hydrogens is 536 g/mol. The first-order chi connectivity index (χ1) is 20.0. The van der Waals surface area contributed by atoms with Gasteiger partial charge in [0.1, 0.15) is 6.04 Å². The maximum atomic E-state index is 13.7. The van der Waals surface area contributed by atoms with Crippen LogP contribution in [-0.4, -0.2) is 71.3 Å². The third kappa shape index (κ3) is 7.94. The van der Waals surface area contributed by atoms with Crippen molar-refractivity contribution in [3.8, 4) is 28.4 Å². The molecule has 0 saturated heterocycles. The average molecular weight is 583 g/mol. The molecule has 0 aromatic heterocycles. The topological polar surface area (TPSA) is 118 Å². The summed E-state index contributed by atoms with van der Waals surface area (Å²) in [5.41, 5.74) is 3.15. The molecule has 2 aromatic rings. The number of carbonyl (C=O) groups excluding carboxylic acids is 2. The van der Waals surface area contributed by atoms with Crippen LogP contribution in [0.4, 0.5) is 5.69 Å². The van der Waals surface area contributed by atoms with Crippen LogP contribution in [-0.2, 0) is 16.0 Å². The molecule has 0 aliphatic heterocycles. The molecule has 0 spiro atoms. The highest BCUT2D eigenvalue weighted by Crippen LogP contribution is 2.50. The molecule has 2 unspecified atom stereocenters. The number of methoxy groups -OCH3 is 3. The van der Waals surface area contributed by atoms with Crippen LogP contribution in [0.2, 0.25) is 0 Å². The summed E-state index contributed by atoms with van der Waals surface area (Å²) in [6.45, 7) is 6.97. The van der Waals surface area contributed by atoms with Crippen molar-refractivity contribution < 1.29 is 23.8 Å². The predicted octanol–water partition coefficient (Wildman–Crippen LogP) is 3.76. The van der Waals surface area contributed by atoms with Crippen molar-refractivity contribution >= 4 is 17.5 Å². The Morgan fingerprint density at radius 3 is 2.36 bits per heavy atom. The first-order valence-corrected chi connectivity index (χ1v) is 14.5. The lowest BCUT2D eigenvalue weighted by atomic mass is 9.95. The Labute approximate surface area is 249 Å². The largest absolute Gasteiger partial charge is 0.493 e. The van der Waals surface area contributed by atoms with E-state index in [-0.39, 0.29) is 23.2 Å². The molecule has 42 heavy (non-hydrogen) atoms. The molecule has 0 bridgehead atoms. The number of benzene rings is 1. The van der Waals surface area contributed by atoms with Crippen LogP contribution in [0.25, 0.3) is 11.1 Å². The standard InChI is InChI=1S/C32H46N4O6/c1-19(2)16-26(32(39)33-14-9-15-36(4)5)35-25-13-11-22-23(18-27(25)38)24(34-20(3)37)12-10-21-17-28(40-6)30(41-7)31(42-8)29(21)22/h11,13,17-19,24,26H,9-10,12,14-16H2,1-8H3,(H,33,39)(H,34,37)(H,35,38). The molecule has 2 atom stereocenters. The van der Waals surface area contributed by atoms with Gasteiger partial charge < -0.3 is 35.1 Å². The van der Waals surface area contributed by atoms with E-state index in [1.165, 1.54) is 6.92 Å². The minimum atomic E-state index is -0.586. The zero-order valence-electron chi connectivity index (χ0n) is 26.2. The van der Waals surface area contributed by atoms with E-state index in [4.69, 9.17) is 14.2 Å². The fraction of sp³-hybridized carbons (Fsp3) is 0.531. The van der Waals surface area contributed by atoms with Crippen LogP contribution in [0, 0.1) is 5.92 Å². The molecule has 1 aliphatic rings. The number of hydrogen-bond acceptors (Lipinski definition) is 8. The Kier molecular flexibility index (Phi) is 11.6. The molecule has 0 saturated carbocycles. The van der Waals surface area contributed by atoms with Crippen molar-refractivity contribution in [1.29, 1.82) is 0 Å². The third-order valence-corrected chi connectivity index (χ3v) is 7.35. The Balaban J connectivity index is 2.13. The van der Waals surface area contributed by atoms with Gasteiger partial charge in [-0.25, -0.2) is 0 Å². The number of aryl methyl sites for hydroxylation is 1. The maximum Gasteiger partial charge on any atom is 0.242 e. The number of amides is 2. The summed E-state index contributed by atoms with van der Waals surface area (Å²) in [5.74, 6) is 1.35. The normalized spacial score (nSPS) is 14.8.